The average Bonchev–Trinajstić information content (AvgIpc) is 2.73. The number of amidine groups is 1. The molecule has 1 unspecified atom stereocenters. The molecule has 0 aromatic heterocycles. The number of nitrogens with zero attached hydrogens (tertiary/aromatic N) is 1. The molecular weight excluding hydrogens is 378 g/mol. The highest BCUT2D eigenvalue weighted by Gasteiger charge is 2.18. The Bertz CT molecular complexity index is 839. The van der Waals surface area contributed by atoms with Crippen LogP contribution in [0.25, 0.3) is 0 Å². The van der Waals surface area contributed by atoms with Gasteiger partial charge in [-0.2, -0.15) is 0 Å². The molecule has 0 aliphatic heterocycles. The molecule has 9 heteroatoms. The Labute approximate surface area is 168 Å². The minimum atomic E-state index is -0.675. The first kappa shape index (κ1) is 21.8. The van der Waals surface area contributed by atoms with Crippen LogP contribution in [0.4, 0.5) is 5.69 Å². The van der Waals surface area contributed by atoms with Crippen molar-refractivity contribution in [2.24, 2.45) is 10.9 Å². The van der Waals surface area contributed by atoms with Crippen LogP contribution in [0, 0.1) is 0 Å². The minimum absolute atomic E-state index is 0.00593. The van der Waals surface area contributed by atoms with E-state index in [1.165, 1.54) is 0 Å². The first-order valence-electron chi connectivity index (χ1n) is 9.05. The van der Waals surface area contributed by atoms with E-state index in [9.17, 15) is 4.79 Å². The topological polar surface area (TPSA) is 136 Å². The average molecular weight is 403 g/mol. The number of ether oxygens (including phenoxy) is 3. The van der Waals surface area contributed by atoms with Crippen LogP contribution in [0.15, 0.2) is 47.6 Å². The van der Waals surface area contributed by atoms with Gasteiger partial charge in [0, 0.05) is 17.3 Å². The predicted octanol–water partition coefficient (Wildman–Crippen LogP) is 1.96. The van der Waals surface area contributed by atoms with Gasteiger partial charge in [-0.25, -0.2) is 4.79 Å². The van der Waals surface area contributed by atoms with Gasteiger partial charge < -0.3 is 35.6 Å². The summed E-state index contributed by atoms with van der Waals surface area (Å²) in [4.78, 5) is 12.5. The van der Waals surface area contributed by atoms with E-state index in [-0.39, 0.29) is 24.8 Å². The van der Waals surface area contributed by atoms with Crippen molar-refractivity contribution in [1.29, 1.82) is 0 Å². The van der Waals surface area contributed by atoms with Crippen LogP contribution in [0.1, 0.15) is 19.4 Å². The zero-order chi connectivity index (χ0) is 21.2. The van der Waals surface area contributed by atoms with E-state index in [1.54, 1.807) is 49.4 Å². The first-order chi connectivity index (χ1) is 14.0. The van der Waals surface area contributed by atoms with Gasteiger partial charge in [0.05, 0.1) is 13.2 Å². The van der Waals surface area contributed by atoms with E-state index in [1.807, 2.05) is 6.92 Å². The van der Waals surface area contributed by atoms with Crippen molar-refractivity contribution in [2.75, 3.05) is 25.1 Å². The molecule has 0 saturated heterocycles. The zero-order valence-corrected chi connectivity index (χ0v) is 16.3. The Morgan fingerprint density at radius 2 is 1.90 bits per heavy atom. The highest BCUT2D eigenvalue weighted by Crippen LogP contribution is 2.32. The molecule has 0 saturated carbocycles. The predicted molar refractivity (Wildman–Crippen MR) is 108 cm³/mol. The number of carbonyl (C=O) groups excluding carboxylic acids is 1. The second-order valence-corrected chi connectivity index (χ2v) is 5.96. The summed E-state index contributed by atoms with van der Waals surface area (Å²) >= 11 is 0. The van der Waals surface area contributed by atoms with Crippen LogP contribution in [0.5, 0.6) is 17.2 Å². The van der Waals surface area contributed by atoms with Crippen molar-refractivity contribution in [1.82, 2.24) is 0 Å². The molecule has 0 aliphatic rings. The summed E-state index contributed by atoms with van der Waals surface area (Å²) in [6, 6.07) is 10.9. The molecule has 0 fully saturated rings. The molecule has 2 rings (SSSR count). The monoisotopic (exact) mass is 403 g/mol. The van der Waals surface area contributed by atoms with Crippen molar-refractivity contribution in [3.8, 4) is 17.2 Å². The molecule has 0 bridgehead atoms. The van der Waals surface area contributed by atoms with Gasteiger partial charge in [-0.3, -0.25) is 0 Å². The largest absolute Gasteiger partial charge is 0.494 e. The molecule has 0 radical (unpaired) electrons. The lowest BCUT2D eigenvalue weighted by atomic mass is 10.2. The molecule has 29 heavy (non-hydrogen) atoms. The van der Waals surface area contributed by atoms with Crippen LogP contribution < -0.4 is 25.3 Å². The number of rotatable bonds is 10. The van der Waals surface area contributed by atoms with Crippen LogP contribution in [-0.2, 0) is 4.79 Å². The highest BCUT2D eigenvalue weighted by molar-refractivity contribution is 5.97. The van der Waals surface area contributed by atoms with Crippen LogP contribution in [0.2, 0.25) is 0 Å². The number of oxime groups is 1. The van der Waals surface area contributed by atoms with Gasteiger partial charge in [0.15, 0.2) is 17.3 Å². The second-order valence-electron chi connectivity index (χ2n) is 5.96. The molecule has 0 spiro atoms. The summed E-state index contributed by atoms with van der Waals surface area (Å²) < 4.78 is 16.3. The van der Waals surface area contributed by atoms with Gasteiger partial charge >= 0.3 is 5.97 Å². The summed E-state index contributed by atoms with van der Waals surface area (Å²) in [7, 11) is 0. The molecule has 0 amide bonds. The number of anilines is 1. The molecule has 5 N–H and O–H groups in total. The number of hydrogen-bond donors (Lipinski definition) is 4. The van der Waals surface area contributed by atoms with Gasteiger partial charge in [-0.05, 0) is 50.2 Å². The standard InChI is InChI=1S/C20H25N3O6/c1-3-27-16-8-9-17(28-11-10-24)18(12-16)29-20(25)13(2)22-15-6-4-14(5-7-15)19(21)23-26/h4-9,12-13,22,24,26H,3,10-11H2,1-2H3,(H2,21,23). The Hall–Kier alpha value is -3.46. The Morgan fingerprint density at radius 1 is 1.17 bits per heavy atom. The van der Waals surface area contributed by atoms with Gasteiger partial charge in [0.25, 0.3) is 0 Å². The molecule has 2 aromatic carbocycles. The van der Waals surface area contributed by atoms with Gasteiger partial charge in [0.1, 0.15) is 18.4 Å². The summed E-state index contributed by atoms with van der Waals surface area (Å²) in [5.41, 5.74) is 6.73. The second kappa shape index (κ2) is 10.8. The Morgan fingerprint density at radius 3 is 2.52 bits per heavy atom. The number of aliphatic hydroxyl groups is 1. The Kier molecular flexibility index (Phi) is 8.11. The minimum Gasteiger partial charge on any atom is -0.494 e. The highest BCUT2D eigenvalue weighted by atomic mass is 16.6. The fourth-order valence-corrected chi connectivity index (χ4v) is 2.40. The quantitative estimate of drug-likeness (QED) is 0.118. The summed E-state index contributed by atoms with van der Waals surface area (Å²) in [5, 5.41) is 23.6. The number of benzene rings is 2. The van der Waals surface area contributed by atoms with Crippen molar-refractivity contribution in [3.05, 3.63) is 48.0 Å². The third-order valence-corrected chi connectivity index (χ3v) is 3.81. The number of carbonyl (C=O) groups is 1. The lowest BCUT2D eigenvalue weighted by Gasteiger charge is -2.17. The van der Waals surface area contributed by atoms with Crippen molar-refractivity contribution in [3.63, 3.8) is 0 Å². The smallest absolute Gasteiger partial charge is 0.333 e. The number of hydrogen-bond acceptors (Lipinski definition) is 8. The van der Waals surface area contributed by atoms with Crippen molar-refractivity contribution < 1.29 is 29.3 Å². The fourth-order valence-electron chi connectivity index (χ4n) is 2.40. The van der Waals surface area contributed by atoms with Crippen LogP contribution in [-0.4, -0.2) is 48.0 Å². The number of nitrogens with two attached hydrogens (primary N) is 1. The summed E-state index contributed by atoms with van der Waals surface area (Å²) in [6.45, 7) is 3.86. The van der Waals surface area contributed by atoms with Crippen LogP contribution in [0.3, 0.4) is 0 Å². The molecular formula is C20H25N3O6. The van der Waals surface area contributed by atoms with Crippen LogP contribution >= 0.6 is 0 Å². The van der Waals surface area contributed by atoms with Crippen molar-refractivity contribution >= 4 is 17.5 Å². The molecule has 9 nitrogen and oxygen atoms in total. The van der Waals surface area contributed by atoms with Gasteiger partial charge in [0.2, 0.25) is 0 Å². The van der Waals surface area contributed by atoms with E-state index >= 15 is 0 Å². The maximum absolute atomic E-state index is 12.5. The maximum Gasteiger partial charge on any atom is 0.333 e. The summed E-state index contributed by atoms with van der Waals surface area (Å²) in [5.74, 6) is 0.518. The zero-order valence-electron chi connectivity index (χ0n) is 16.3. The number of aliphatic hydroxyl groups excluding tert-OH is 1. The fraction of sp³-hybridized carbons (Fsp3) is 0.300. The molecule has 0 aliphatic carbocycles. The van der Waals surface area contributed by atoms with Gasteiger partial charge in [-0.15, -0.1) is 0 Å². The third kappa shape index (κ3) is 6.28. The lowest BCUT2D eigenvalue weighted by Crippen LogP contribution is -2.30. The number of esters is 1. The van der Waals surface area contributed by atoms with E-state index < -0.39 is 12.0 Å². The normalized spacial score (nSPS) is 12.2. The van der Waals surface area contributed by atoms with Crippen molar-refractivity contribution in [2.45, 2.75) is 19.9 Å². The maximum atomic E-state index is 12.5. The van der Waals surface area contributed by atoms with E-state index in [4.69, 9.17) is 30.3 Å². The summed E-state index contributed by atoms with van der Waals surface area (Å²) in [6.07, 6.45) is 0. The van der Waals surface area contributed by atoms with E-state index in [0.29, 0.717) is 29.4 Å². The molecule has 156 valence electrons. The molecule has 2 aromatic rings. The SMILES string of the molecule is CCOc1ccc(OCCO)c(OC(=O)C(C)Nc2ccc(C(N)=NO)cc2)c1. The third-order valence-electron chi connectivity index (χ3n) is 3.81. The van der Waals surface area contributed by atoms with E-state index in [2.05, 4.69) is 10.5 Å². The lowest BCUT2D eigenvalue weighted by molar-refractivity contribution is -0.135. The van der Waals surface area contributed by atoms with Gasteiger partial charge in [-0.1, -0.05) is 5.16 Å². The Balaban J connectivity index is 2.08. The molecule has 0 heterocycles. The molecule has 1 atom stereocenters. The van der Waals surface area contributed by atoms with E-state index in [0.717, 1.165) is 0 Å². The first-order valence-corrected chi connectivity index (χ1v) is 9.05. The number of nitrogens with one attached hydrogen (secondary N) is 1.